The predicted octanol–water partition coefficient (Wildman–Crippen LogP) is 0.240. The molecule has 2 nitrogen and oxygen atoms in total. The van der Waals surface area contributed by atoms with Crippen molar-refractivity contribution in [3.63, 3.8) is 0 Å². The Morgan fingerprint density at radius 2 is 1.88 bits per heavy atom. The molecule has 0 aliphatic carbocycles. The zero-order valence-electron chi connectivity index (χ0n) is 5.14. The van der Waals surface area contributed by atoms with E-state index < -0.39 is 0 Å². The molecule has 0 aliphatic heterocycles. The molecule has 0 aliphatic rings. The summed E-state index contributed by atoms with van der Waals surface area (Å²) >= 11 is 0. The van der Waals surface area contributed by atoms with Gasteiger partial charge in [-0.15, -0.1) is 0 Å². The van der Waals surface area contributed by atoms with Crippen LogP contribution in [0.5, 0.6) is 0 Å². The van der Waals surface area contributed by atoms with Crippen molar-refractivity contribution < 1.29 is 0 Å². The van der Waals surface area contributed by atoms with Gasteiger partial charge >= 0.3 is 0 Å². The smallest absolute Gasteiger partial charge is 0.0106 e. The average Bonchev–Trinajstić information content (AvgIpc) is 1.81. The van der Waals surface area contributed by atoms with Crippen molar-refractivity contribution in [1.29, 1.82) is 0 Å². The van der Waals surface area contributed by atoms with Crippen molar-refractivity contribution in [3.8, 4) is 0 Å². The molecule has 0 saturated heterocycles. The topological polar surface area (TPSA) is 52.0 Å². The summed E-state index contributed by atoms with van der Waals surface area (Å²) < 4.78 is 0. The van der Waals surface area contributed by atoms with Crippen LogP contribution in [0.2, 0.25) is 0 Å². The molecule has 0 fully saturated rings. The van der Waals surface area contributed by atoms with Crippen molar-refractivity contribution in [3.05, 3.63) is 12.2 Å². The van der Waals surface area contributed by atoms with Crippen LogP contribution in [0.25, 0.3) is 0 Å². The van der Waals surface area contributed by atoms with E-state index in [9.17, 15) is 0 Å². The number of nitrogens with two attached hydrogens (primary N) is 2. The second-order valence-corrected chi connectivity index (χ2v) is 1.64. The van der Waals surface area contributed by atoms with Gasteiger partial charge in [0, 0.05) is 6.54 Å². The van der Waals surface area contributed by atoms with E-state index >= 15 is 0 Å². The van der Waals surface area contributed by atoms with Crippen LogP contribution in [0.15, 0.2) is 12.2 Å². The first-order valence-corrected chi connectivity index (χ1v) is 2.97. The monoisotopic (exact) mass is 114 g/mol. The van der Waals surface area contributed by atoms with E-state index in [2.05, 4.69) is 6.08 Å². The van der Waals surface area contributed by atoms with E-state index in [1.54, 1.807) is 0 Å². The fourth-order valence-electron chi connectivity index (χ4n) is 0.450. The Bertz CT molecular complexity index is 59.5. The van der Waals surface area contributed by atoms with Gasteiger partial charge in [0.15, 0.2) is 0 Å². The Morgan fingerprint density at radius 3 is 2.38 bits per heavy atom. The van der Waals surface area contributed by atoms with Gasteiger partial charge in [-0.1, -0.05) is 12.2 Å². The summed E-state index contributed by atoms with van der Waals surface area (Å²) in [5, 5.41) is 0. The summed E-state index contributed by atoms with van der Waals surface area (Å²) in [6.45, 7) is 1.42. The standard InChI is InChI=1S/C6H14N2/c7-5-3-1-2-4-6-8/h1,3H,2,4-8H2/b3-1-. The maximum atomic E-state index is 5.25. The fraction of sp³-hybridized carbons (Fsp3) is 0.667. The van der Waals surface area contributed by atoms with Crippen molar-refractivity contribution >= 4 is 0 Å². The molecular formula is C6H14N2. The maximum Gasteiger partial charge on any atom is 0.0106 e. The quantitative estimate of drug-likeness (QED) is 0.406. The highest BCUT2D eigenvalue weighted by Crippen LogP contribution is 1.85. The molecular weight excluding hydrogens is 100 g/mol. The molecule has 0 unspecified atom stereocenters. The fourth-order valence-corrected chi connectivity index (χ4v) is 0.450. The second-order valence-electron chi connectivity index (χ2n) is 1.64. The van der Waals surface area contributed by atoms with Gasteiger partial charge in [0.2, 0.25) is 0 Å². The molecule has 0 saturated carbocycles. The van der Waals surface area contributed by atoms with Crippen LogP contribution in [-0.2, 0) is 0 Å². The zero-order valence-corrected chi connectivity index (χ0v) is 5.14. The Kier molecular flexibility index (Phi) is 6.38. The molecule has 0 atom stereocenters. The number of allylic oxidation sites excluding steroid dienone is 1. The third-order valence-corrected chi connectivity index (χ3v) is 0.878. The molecule has 4 N–H and O–H groups in total. The highest BCUT2D eigenvalue weighted by Gasteiger charge is 1.74. The number of rotatable bonds is 4. The Morgan fingerprint density at radius 1 is 1.12 bits per heavy atom. The van der Waals surface area contributed by atoms with Gasteiger partial charge in [-0.25, -0.2) is 0 Å². The second kappa shape index (κ2) is 6.66. The number of unbranched alkanes of at least 4 members (excludes halogenated alkanes) is 1. The molecule has 0 bridgehead atoms. The minimum Gasteiger partial charge on any atom is -0.330 e. The summed E-state index contributed by atoms with van der Waals surface area (Å²) in [5.74, 6) is 0. The molecule has 0 spiro atoms. The van der Waals surface area contributed by atoms with E-state index in [-0.39, 0.29) is 0 Å². The van der Waals surface area contributed by atoms with E-state index in [0.29, 0.717) is 6.54 Å². The Balaban J connectivity index is 2.80. The van der Waals surface area contributed by atoms with E-state index in [1.807, 2.05) is 6.08 Å². The molecule has 0 aromatic carbocycles. The van der Waals surface area contributed by atoms with Crippen LogP contribution in [0.3, 0.4) is 0 Å². The van der Waals surface area contributed by atoms with Crippen molar-refractivity contribution in [2.45, 2.75) is 12.8 Å². The lowest BCUT2D eigenvalue weighted by atomic mass is 10.3. The summed E-state index contributed by atoms with van der Waals surface area (Å²) in [5.41, 5.74) is 10.4. The molecule has 0 amide bonds. The highest BCUT2D eigenvalue weighted by molar-refractivity contribution is 4.81. The lowest BCUT2D eigenvalue weighted by Gasteiger charge is -1.86. The molecule has 8 heavy (non-hydrogen) atoms. The number of hydrogen-bond donors (Lipinski definition) is 2. The van der Waals surface area contributed by atoms with Crippen LogP contribution in [0.4, 0.5) is 0 Å². The molecule has 0 rings (SSSR count). The van der Waals surface area contributed by atoms with Gasteiger partial charge in [-0.2, -0.15) is 0 Å². The van der Waals surface area contributed by atoms with Crippen LogP contribution in [0, 0.1) is 0 Å². The molecule has 48 valence electrons. The normalized spacial score (nSPS) is 10.8. The van der Waals surface area contributed by atoms with Gasteiger partial charge in [0.05, 0.1) is 0 Å². The van der Waals surface area contributed by atoms with Gasteiger partial charge in [0.1, 0.15) is 0 Å². The zero-order chi connectivity index (χ0) is 6.24. The SMILES string of the molecule is NC/C=C\CCCN. The maximum absolute atomic E-state index is 5.25. The lowest BCUT2D eigenvalue weighted by Crippen LogP contribution is -1.97. The minimum absolute atomic E-state index is 0.643. The first kappa shape index (κ1) is 7.66. The minimum atomic E-state index is 0.643. The summed E-state index contributed by atoms with van der Waals surface area (Å²) in [6.07, 6.45) is 6.15. The molecule has 0 radical (unpaired) electrons. The molecule has 0 aromatic rings. The predicted molar refractivity (Wildman–Crippen MR) is 36.5 cm³/mol. The third kappa shape index (κ3) is 5.66. The first-order valence-electron chi connectivity index (χ1n) is 2.97. The summed E-state index contributed by atoms with van der Waals surface area (Å²) in [7, 11) is 0. The van der Waals surface area contributed by atoms with Crippen LogP contribution >= 0.6 is 0 Å². The van der Waals surface area contributed by atoms with Crippen LogP contribution in [0.1, 0.15) is 12.8 Å². The Hall–Kier alpha value is -0.340. The van der Waals surface area contributed by atoms with E-state index in [0.717, 1.165) is 19.4 Å². The molecule has 0 heterocycles. The van der Waals surface area contributed by atoms with Gasteiger partial charge < -0.3 is 11.5 Å². The van der Waals surface area contributed by atoms with Gasteiger partial charge in [0.25, 0.3) is 0 Å². The third-order valence-electron chi connectivity index (χ3n) is 0.878. The molecule has 2 heteroatoms. The Labute approximate surface area is 50.6 Å². The first-order chi connectivity index (χ1) is 3.91. The van der Waals surface area contributed by atoms with E-state index in [4.69, 9.17) is 11.5 Å². The summed E-state index contributed by atoms with van der Waals surface area (Å²) in [4.78, 5) is 0. The number of hydrogen-bond acceptors (Lipinski definition) is 2. The van der Waals surface area contributed by atoms with Gasteiger partial charge in [-0.05, 0) is 19.4 Å². The van der Waals surface area contributed by atoms with Crippen molar-refractivity contribution in [1.82, 2.24) is 0 Å². The van der Waals surface area contributed by atoms with Crippen molar-refractivity contribution in [2.24, 2.45) is 11.5 Å². The summed E-state index contributed by atoms with van der Waals surface area (Å²) in [6, 6.07) is 0. The highest BCUT2D eigenvalue weighted by atomic mass is 14.5. The average molecular weight is 114 g/mol. The van der Waals surface area contributed by atoms with E-state index in [1.165, 1.54) is 0 Å². The molecule has 0 aromatic heterocycles. The van der Waals surface area contributed by atoms with Crippen LogP contribution < -0.4 is 11.5 Å². The van der Waals surface area contributed by atoms with Gasteiger partial charge in [-0.3, -0.25) is 0 Å². The van der Waals surface area contributed by atoms with Crippen molar-refractivity contribution in [2.75, 3.05) is 13.1 Å². The lowest BCUT2D eigenvalue weighted by molar-refractivity contribution is 0.853. The largest absolute Gasteiger partial charge is 0.330 e. The van der Waals surface area contributed by atoms with Crippen LogP contribution in [-0.4, -0.2) is 13.1 Å².